The number of halogens is 4. The molecule has 1 aromatic carbocycles. The van der Waals surface area contributed by atoms with Crippen LogP contribution in [0.1, 0.15) is 9.67 Å². The minimum atomic E-state index is -4.22. The van der Waals surface area contributed by atoms with Gasteiger partial charge in [-0.3, -0.25) is 9.52 Å². The molecule has 0 unspecified atom stereocenters. The van der Waals surface area contributed by atoms with Gasteiger partial charge in [-0.15, -0.1) is 22.7 Å². The van der Waals surface area contributed by atoms with Crippen LogP contribution in [-0.4, -0.2) is 14.3 Å². The zero-order valence-electron chi connectivity index (χ0n) is 12.9. The fourth-order valence-corrected chi connectivity index (χ4v) is 5.15. The predicted molar refractivity (Wildman–Crippen MR) is 104 cm³/mol. The topological polar surface area (TPSA) is 75.3 Å². The van der Waals surface area contributed by atoms with Crippen molar-refractivity contribution in [1.82, 2.24) is 0 Å². The number of hydrogen-bond acceptors (Lipinski definition) is 5. The van der Waals surface area contributed by atoms with E-state index >= 15 is 0 Å². The van der Waals surface area contributed by atoms with Crippen molar-refractivity contribution in [2.45, 2.75) is 4.90 Å². The Kier molecular flexibility index (Phi) is 5.73. The summed E-state index contributed by atoms with van der Waals surface area (Å²) in [7, 11) is -4.22. The summed E-state index contributed by atoms with van der Waals surface area (Å²) in [4.78, 5) is 12.0. The molecule has 2 N–H and O–H groups in total. The lowest BCUT2D eigenvalue weighted by Gasteiger charge is -2.09. The summed E-state index contributed by atoms with van der Waals surface area (Å²) in [5, 5.41) is 4.74. The van der Waals surface area contributed by atoms with E-state index in [9.17, 15) is 22.0 Å². The molecule has 0 bridgehead atoms. The van der Waals surface area contributed by atoms with E-state index in [1.165, 1.54) is 17.5 Å². The smallest absolute Gasteiger partial charge is 0.268 e. The van der Waals surface area contributed by atoms with Crippen molar-refractivity contribution in [1.29, 1.82) is 0 Å². The van der Waals surface area contributed by atoms with Gasteiger partial charge in [0.1, 0.15) is 9.21 Å². The molecule has 0 atom stereocenters. The van der Waals surface area contributed by atoms with Gasteiger partial charge in [0.25, 0.3) is 15.9 Å². The Hall–Kier alpha value is -1.72. The van der Waals surface area contributed by atoms with Crippen LogP contribution in [-0.2, 0) is 10.0 Å². The monoisotopic (exact) mass is 468 g/mol. The number of thiophene rings is 2. The van der Waals surface area contributed by atoms with E-state index in [-0.39, 0.29) is 15.6 Å². The molecule has 0 aliphatic heterocycles. The first kappa shape index (κ1) is 20.0. The Labute approximate surface area is 170 Å². The van der Waals surface area contributed by atoms with Gasteiger partial charge in [0.15, 0.2) is 11.6 Å². The van der Waals surface area contributed by atoms with Crippen LogP contribution < -0.4 is 10.0 Å². The third-order valence-corrected chi connectivity index (χ3v) is 7.26. The minimum Gasteiger partial charge on any atom is -0.313 e. The minimum absolute atomic E-state index is 0.00372. The van der Waals surface area contributed by atoms with Crippen LogP contribution in [0.25, 0.3) is 0 Å². The molecule has 0 saturated carbocycles. The van der Waals surface area contributed by atoms with Crippen LogP contribution in [0, 0.1) is 11.6 Å². The van der Waals surface area contributed by atoms with Gasteiger partial charge in [0.05, 0.1) is 20.6 Å². The summed E-state index contributed by atoms with van der Waals surface area (Å²) in [6.07, 6.45) is 0. The lowest BCUT2D eigenvalue weighted by Crippen LogP contribution is -2.17. The van der Waals surface area contributed by atoms with Gasteiger partial charge in [0, 0.05) is 0 Å². The summed E-state index contributed by atoms with van der Waals surface area (Å²) in [5.41, 5.74) is -0.00372. The Bertz CT molecular complexity index is 1110. The molecular weight excluding hydrogens is 461 g/mol. The van der Waals surface area contributed by atoms with E-state index in [4.69, 9.17) is 23.2 Å². The summed E-state index contributed by atoms with van der Waals surface area (Å²) < 4.78 is 53.6. The first-order chi connectivity index (χ1) is 12.7. The van der Waals surface area contributed by atoms with Crippen molar-refractivity contribution in [3.63, 3.8) is 0 Å². The third kappa shape index (κ3) is 4.41. The largest absolute Gasteiger partial charge is 0.313 e. The molecular formula is C15H8Cl2F2N2O3S3. The van der Waals surface area contributed by atoms with Gasteiger partial charge in [-0.1, -0.05) is 23.2 Å². The molecule has 3 rings (SSSR count). The zero-order valence-corrected chi connectivity index (χ0v) is 16.9. The lowest BCUT2D eigenvalue weighted by molar-refractivity contribution is 0.103. The molecule has 3 aromatic rings. The molecule has 2 heterocycles. The first-order valence-corrected chi connectivity index (χ1v) is 10.9. The highest BCUT2D eigenvalue weighted by atomic mass is 35.5. The highest BCUT2D eigenvalue weighted by Crippen LogP contribution is 2.36. The fraction of sp³-hybridized carbons (Fsp3) is 0. The van der Waals surface area contributed by atoms with Gasteiger partial charge in [0.2, 0.25) is 0 Å². The van der Waals surface area contributed by atoms with Crippen molar-refractivity contribution in [2.24, 2.45) is 0 Å². The molecule has 5 nitrogen and oxygen atoms in total. The highest BCUT2D eigenvalue weighted by Gasteiger charge is 2.22. The maximum atomic E-state index is 13.3. The van der Waals surface area contributed by atoms with Crippen molar-refractivity contribution in [3.05, 3.63) is 61.6 Å². The lowest BCUT2D eigenvalue weighted by atomic mass is 10.3. The van der Waals surface area contributed by atoms with E-state index in [1.54, 1.807) is 0 Å². The number of hydrogen-bond donors (Lipinski definition) is 2. The maximum Gasteiger partial charge on any atom is 0.268 e. The fourth-order valence-electron chi connectivity index (χ4n) is 1.99. The standard InChI is InChI=1S/C15H8Cl2F2N2O3S3/c16-8-6-12(26-14(8)17)20-15(22)13-11(3-4-25-13)21-27(23,24)7-1-2-9(18)10(19)5-7/h1-6,21H,(H,20,22). The van der Waals surface area contributed by atoms with Crippen LogP contribution in [0.5, 0.6) is 0 Å². The summed E-state index contributed by atoms with van der Waals surface area (Å²) in [6.45, 7) is 0. The number of rotatable bonds is 5. The summed E-state index contributed by atoms with van der Waals surface area (Å²) in [6, 6.07) is 5.02. The van der Waals surface area contributed by atoms with E-state index in [0.717, 1.165) is 28.7 Å². The molecule has 0 spiro atoms. The quantitative estimate of drug-likeness (QED) is 0.522. The molecule has 1 amide bonds. The molecule has 27 heavy (non-hydrogen) atoms. The molecule has 0 aliphatic carbocycles. The van der Waals surface area contributed by atoms with Crippen molar-refractivity contribution in [2.75, 3.05) is 10.0 Å². The Morgan fingerprint density at radius 1 is 1.07 bits per heavy atom. The van der Waals surface area contributed by atoms with Gasteiger partial charge in [-0.05, 0) is 35.7 Å². The zero-order chi connectivity index (χ0) is 19.8. The van der Waals surface area contributed by atoms with Crippen LogP contribution >= 0.6 is 45.9 Å². The normalized spacial score (nSPS) is 11.4. The molecule has 0 saturated heterocycles. The van der Waals surface area contributed by atoms with Crippen LogP contribution in [0.3, 0.4) is 0 Å². The second-order valence-electron chi connectivity index (χ2n) is 5.03. The average Bonchev–Trinajstić information content (AvgIpc) is 3.16. The third-order valence-electron chi connectivity index (χ3n) is 3.20. The number of nitrogens with one attached hydrogen (secondary N) is 2. The molecule has 0 radical (unpaired) electrons. The van der Waals surface area contributed by atoms with Crippen molar-refractivity contribution >= 4 is 72.5 Å². The second kappa shape index (κ2) is 7.72. The Balaban J connectivity index is 1.83. The number of benzene rings is 1. The Morgan fingerprint density at radius 2 is 1.81 bits per heavy atom. The summed E-state index contributed by atoms with van der Waals surface area (Å²) >= 11 is 13.7. The second-order valence-corrected chi connectivity index (χ2v) is 9.69. The van der Waals surface area contributed by atoms with Crippen molar-refractivity contribution < 1.29 is 22.0 Å². The Morgan fingerprint density at radius 3 is 2.44 bits per heavy atom. The van der Waals surface area contributed by atoms with Crippen LogP contribution in [0.15, 0.2) is 40.6 Å². The van der Waals surface area contributed by atoms with E-state index < -0.39 is 32.5 Å². The van der Waals surface area contributed by atoms with Gasteiger partial charge >= 0.3 is 0 Å². The molecule has 12 heteroatoms. The molecule has 0 fully saturated rings. The number of sulfonamides is 1. The predicted octanol–water partition coefficient (Wildman–Crippen LogP) is 5.45. The summed E-state index contributed by atoms with van der Waals surface area (Å²) in [5.74, 6) is -3.05. The van der Waals surface area contributed by atoms with Gasteiger partial charge < -0.3 is 5.32 Å². The number of anilines is 2. The first-order valence-electron chi connectivity index (χ1n) is 6.99. The van der Waals surface area contributed by atoms with Crippen LogP contribution in [0.4, 0.5) is 19.5 Å². The number of carbonyl (C=O) groups excluding carboxylic acids is 1. The maximum absolute atomic E-state index is 13.3. The van der Waals surface area contributed by atoms with E-state index in [0.29, 0.717) is 21.5 Å². The van der Waals surface area contributed by atoms with Crippen molar-refractivity contribution in [3.8, 4) is 0 Å². The van der Waals surface area contributed by atoms with Gasteiger partial charge in [-0.2, -0.15) is 0 Å². The highest BCUT2D eigenvalue weighted by molar-refractivity contribution is 7.92. The number of carbonyl (C=O) groups is 1. The van der Waals surface area contributed by atoms with Crippen LogP contribution in [0.2, 0.25) is 9.36 Å². The number of amides is 1. The van der Waals surface area contributed by atoms with E-state index in [1.807, 2.05) is 0 Å². The van der Waals surface area contributed by atoms with Gasteiger partial charge in [-0.25, -0.2) is 17.2 Å². The molecule has 142 valence electrons. The van der Waals surface area contributed by atoms with E-state index in [2.05, 4.69) is 10.0 Å². The SMILES string of the molecule is O=C(Nc1cc(Cl)c(Cl)s1)c1sccc1NS(=O)(=O)c1ccc(F)c(F)c1. The average molecular weight is 469 g/mol. The molecule has 2 aromatic heterocycles. The molecule has 0 aliphatic rings.